The van der Waals surface area contributed by atoms with Crippen molar-refractivity contribution in [2.75, 3.05) is 0 Å². The van der Waals surface area contributed by atoms with Crippen LogP contribution in [0.5, 0.6) is 5.75 Å². The van der Waals surface area contributed by atoms with Crippen LogP contribution in [-0.2, 0) is 0 Å². The molecule has 4 heteroatoms. The summed E-state index contributed by atoms with van der Waals surface area (Å²) in [5.41, 5.74) is 1.24. The zero-order chi connectivity index (χ0) is 14.1. The lowest BCUT2D eigenvalue weighted by Crippen LogP contribution is -2.03. The van der Waals surface area contributed by atoms with Crippen molar-refractivity contribution < 1.29 is 9.53 Å². The Labute approximate surface area is 130 Å². The molecule has 0 saturated heterocycles. The molecule has 0 bridgehead atoms. The highest BCUT2D eigenvalue weighted by Crippen LogP contribution is 2.28. The molecule has 0 N–H and O–H groups in total. The number of ether oxygens (including phenoxy) is 1. The van der Waals surface area contributed by atoms with Gasteiger partial charge in [-0.3, -0.25) is 4.79 Å². The summed E-state index contributed by atoms with van der Waals surface area (Å²) in [7, 11) is 0. The molecule has 1 aliphatic carbocycles. The maximum absolute atomic E-state index is 12.4. The first-order valence-corrected chi connectivity index (χ1v) is 7.57. The molecule has 0 heterocycles. The molecule has 1 aliphatic rings. The van der Waals surface area contributed by atoms with Gasteiger partial charge < -0.3 is 4.74 Å². The average molecular weight is 352 g/mol. The van der Waals surface area contributed by atoms with Gasteiger partial charge in [-0.05, 0) is 71.2 Å². The second-order valence-corrected chi connectivity index (χ2v) is 6.09. The Morgan fingerprint density at radius 1 is 1.15 bits per heavy atom. The Kier molecular flexibility index (Phi) is 3.81. The van der Waals surface area contributed by atoms with Crippen molar-refractivity contribution in [2.45, 2.75) is 18.9 Å². The van der Waals surface area contributed by atoms with Crippen molar-refractivity contribution in [2.24, 2.45) is 0 Å². The molecule has 0 atom stereocenters. The quantitative estimate of drug-likeness (QED) is 0.734. The summed E-state index contributed by atoms with van der Waals surface area (Å²) in [4.78, 5) is 12.4. The molecule has 0 spiro atoms. The third kappa shape index (κ3) is 3.05. The number of hydrogen-bond donors (Lipinski definition) is 0. The Morgan fingerprint density at radius 3 is 2.45 bits per heavy atom. The highest BCUT2D eigenvalue weighted by molar-refractivity contribution is 9.10. The summed E-state index contributed by atoms with van der Waals surface area (Å²) in [6.45, 7) is 0. The number of rotatable bonds is 4. The molecule has 3 rings (SSSR count). The number of hydrogen-bond acceptors (Lipinski definition) is 2. The molecule has 1 fully saturated rings. The van der Waals surface area contributed by atoms with E-state index in [0.717, 1.165) is 18.6 Å². The summed E-state index contributed by atoms with van der Waals surface area (Å²) in [6, 6.07) is 12.4. The second-order valence-electron chi connectivity index (χ2n) is 4.79. The minimum absolute atomic E-state index is 0.0356. The normalized spacial score (nSPS) is 14.1. The van der Waals surface area contributed by atoms with E-state index in [2.05, 4.69) is 15.9 Å². The van der Waals surface area contributed by atoms with Crippen LogP contribution in [0, 0.1) is 0 Å². The monoisotopic (exact) mass is 350 g/mol. The average Bonchev–Trinajstić information content (AvgIpc) is 3.23. The molecule has 0 radical (unpaired) electrons. The molecular weight excluding hydrogens is 340 g/mol. The summed E-state index contributed by atoms with van der Waals surface area (Å²) in [5, 5.41) is 0.599. The number of carbonyl (C=O) groups is 1. The maximum atomic E-state index is 12.4. The number of carbonyl (C=O) groups excluding carboxylic acids is 1. The van der Waals surface area contributed by atoms with Crippen LogP contribution in [0.15, 0.2) is 46.9 Å². The van der Waals surface area contributed by atoms with Gasteiger partial charge in [0.15, 0.2) is 5.78 Å². The summed E-state index contributed by atoms with van der Waals surface area (Å²) >= 11 is 9.26. The van der Waals surface area contributed by atoms with Crippen LogP contribution in [0.4, 0.5) is 0 Å². The first-order valence-electron chi connectivity index (χ1n) is 6.40. The lowest BCUT2D eigenvalue weighted by atomic mass is 10.0. The first-order chi connectivity index (χ1) is 9.63. The van der Waals surface area contributed by atoms with E-state index in [1.807, 2.05) is 12.1 Å². The minimum Gasteiger partial charge on any atom is -0.490 e. The SMILES string of the molecule is O=C(c1ccc(OC2CC2)cc1)c1ccc(Cl)cc1Br. The van der Waals surface area contributed by atoms with Crippen LogP contribution in [0.2, 0.25) is 5.02 Å². The van der Waals surface area contributed by atoms with Gasteiger partial charge in [0.05, 0.1) is 6.10 Å². The second kappa shape index (κ2) is 5.58. The lowest BCUT2D eigenvalue weighted by molar-refractivity contribution is 0.103. The van der Waals surface area contributed by atoms with Crippen molar-refractivity contribution in [1.29, 1.82) is 0 Å². The van der Waals surface area contributed by atoms with Gasteiger partial charge in [-0.2, -0.15) is 0 Å². The fraction of sp³-hybridized carbons (Fsp3) is 0.188. The van der Waals surface area contributed by atoms with Gasteiger partial charge in [-0.25, -0.2) is 0 Å². The predicted octanol–water partition coefficient (Wildman–Crippen LogP) is 4.87. The number of benzene rings is 2. The summed E-state index contributed by atoms with van der Waals surface area (Å²) in [6.07, 6.45) is 2.61. The molecule has 0 aromatic heterocycles. The van der Waals surface area contributed by atoms with Crippen molar-refractivity contribution in [3.05, 3.63) is 63.1 Å². The smallest absolute Gasteiger partial charge is 0.194 e. The molecule has 0 aliphatic heterocycles. The van der Waals surface area contributed by atoms with Crippen LogP contribution >= 0.6 is 27.5 Å². The van der Waals surface area contributed by atoms with Gasteiger partial charge in [0, 0.05) is 20.6 Å². The molecule has 0 amide bonds. The van der Waals surface area contributed by atoms with Gasteiger partial charge >= 0.3 is 0 Å². The maximum Gasteiger partial charge on any atom is 0.194 e. The molecule has 102 valence electrons. The van der Waals surface area contributed by atoms with E-state index >= 15 is 0 Å². The zero-order valence-electron chi connectivity index (χ0n) is 10.6. The van der Waals surface area contributed by atoms with Crippen LogP contribution in [0.25, 0.3) is 0 Å². The molecule has 2 nitrogen and oxygen atoms in total. The Morgan fingerprint density at radius 2 is 1.85 bits per heavy atom. The summed E-state index contributed by atoms with van der Waals surface area (Å²) in [5.74, 6) is 0.783. The Balaban J connectivity index is 1.82. The minimum atomic E-state index is -0.0356. The van der Waals surface area contributed by atoms with E-state index in [4.69, 9.17) is 16.3 Å². The highest BCUT2D eigenvalue weighted by Gasteiger charge is 2.23. The van der Waals surface area contributed by atoms with Crippen LogP contribution < -0.4 is 4.74 Å². The van der Waals surface area contributed by atoms with Crippen molar-refractivity contribution in [3.63, 3.8) is 0 Å². The van der Waals surface area contributed by atoms with E-state index in [9.17, 15) is 4.79 Å². The standard InChI is InChI=1S/C16H12BrClO2/c17-15-9-11(18)3-8-14(15)16(19)10-1-4-12(5-2-10)20-13-6-7-13/h1-5,8-9,13H,6-7H2. The van der Waals surface area contributed by atoms with E-state index in [1.54, 1.807) is 30.3 Å². The molecule has 2 aromatic carbocycles. The number of halogens is 2. The van der Waals surface area contributed by atoms with Gasteiger partial charge in [0.1, 0.15) is 5.75 Å². The van der Waals surface area contributed by atoms with E-state index < -0.39 is 0 Å². The van der Waals surface area contributed by atoms with Crippen molar-refractivity contribution in [1.82, 2.24) is 0 Å². The van der Waals surface area contributed by atoms with Crippen molar-refractivity contribution in [3.8, 4) is 5.75 Å². The number of ketones is 1. The summed E-state index contributed by atoms with van der Waals surface area (Å²) < 4.78 is 6.37. The predicted molar refractivity (Wildman–Crippen MR) is 82.7 cm³/mol. The zero-order valence-corrected chi connectivity index (χ0v) is 12.9. The molecule has 20 heavy (non-hydrogen) atoms. The van der Waals surface area contributed by atoms with Gasteiger partial charge in [0.2, 0.25) is 0 Å². The van der Waals surface area contributed by atoms with Gasteiger partial charge in [-0.1, -0.05) is 11.6 Å². The molecule has 1 saturated carbocycles. The topological polar surface area (TPSA) is 26.3 Å². The highest BCUT2D eigenvalue weighted by atomic mass is 79.9. The third-order valence-corrected chi connectivity index (χ3v) is 4.01. The third-order valence-electron chi connectivity index (χ3n) is 3.12. The van der Waals surface area contributed by atoms with Crippen molar-refractivity contribution >= 4 is 33.3 Å². The Bertz CT molecular complexity index is 648. The molecule has 0 unspecified atom stereocenters. The van der Waals surface area contributed by atoms with Gasteiger partial charge in [0.25, 0.3) is 0 Å². The van der Waals surface area contributed by atoms with E-state index in [0.29, 0.717) is 26.7 Å². The lowest BCUT2D eigenvalue weighted by Gasteiger charge is -2.07. The molecular formula is C16H12BrClO2. The largest absolute Gasteiger partial charge is 0.490 e. The fourth-order valence-corrected chi connectivity index (χ4v) is 2.76. The van der Waals surface area contributed by atoms with Gasteiger partial charge in [-0.15, -0.1) is 0 Å². The van der Waals surface area contributed by atoms with Crippen LogP contribution in [0.1, 0.15) is 28.8 Å². The Hall–Kier alpha value is -1.32. The fourth-order valence-electron chi connectivity index (χ4n) is 1.89. The molecule has 2 aromatic rings. The van der Waals surface area contributed by atoms with Crippen LogP contribution in [-0.4, -0.2) is 11.9 Å². The van der Waals surface area contributed by atoms with E-state index in [1.165, 1.54) is 0 Å². The van der Waals surface area contributed by atoms with E-state index in [-0.39, 0.29) is 5.78 Å². The first kappa shape index (κ1) is 13.7. The van der Waals surface area contributed by atoms with Crippen LogP contribution in [0.3, 0.4) is 0 Å².